The number of carbonyl (C=O) groups excluding carboxylic acids is 2. The molecule has 0 bridgehead atoms. The van der Waals surface area contributed by atoms with E-state index in [9.17, 15) is 14.7 Å². The second-order valence-electron chi connectivity index (χ2n) is 7.90. The lowest BCUT2D eigenvalue weighted by Gasteiger charge is -2.23. The van der Waals surface area contributed by atoms with Crippen LogP contribution in [0.2, 0.25) is 0 Å². The van der Waals surface area contributed by atoms with Crippen LogP contribution in [0.15, 0.2) is 54.6 Å². The summed E-state index contributed by atoms with van der Waals surface area (Å²) in [6.07, 6.45) is 1.44. The highest BCUT2D eigenvalue weighted by molar-refractivity contribution is 5.94. The van der Waals surface area contributed by atoms with E-state index < -0.39 is 11.6 Å². The number of nitrogen functional groups attached to an aromatic ring is 1. The first-order chi connectivity index (χ1) is 14.3. The number of carbonyl (C=O) groups is 2. The van der Waals surface area contributed by atoms with Crippen LogP contribution < -0.4 is 16.4 Å². The zero-order chi connectivity index (χ0) is 21.7. The molecule has 3 rings (SSSR count). The van der Waals surface area contributed by atoms with Crippen molar-refractivity contribution in [3.8, 4) is 0 Å². The Morgan fingerprint density at radius 1 is 1.20 bits per heavy atom. The zero-order valence-corrected chi connectivity index (χ0v) is 17.0. The van der Waals surface area contributed by atoms with Crippen LogP contribution in [-0.2, 0) is 21.7 Å². The third-order valence-electron chi connectivity index (χ3n) is 5.66. The first-order valence-electron chi connectivity index (χ1n) is 10.1. The van der Waals surface area contributed by atoms with E-state index in [1.165, 1.54) is 0 Å². The fraction of sp³-hybridized carbons (Fsp3) is 0.348. The van der Waals surface area contributed by atoms with Crippen molar-refractivity contribution in [2.45, 2.75) is 44.4 Å². The van der Waals surface area contributed by atoms with Gasteiger partial charge in [0.15, 0.2) is 0 Å². The minimum absolute atomic E-state index is 0.00649. The van der Waals surface area contributed by atoms with Crippen LogP contribution in [0.25, 0.3) is 0 Å². The van der Waals surface area contributed by atoms with Crippen LogP contribution >= 0.6 is 0 Å². The van der Waals surface area contributed by atoms with Crippen molar-refractivity contribution >= 4 is 17.6 Å². The molecule has 0 heterocycles. The van der Waals surface area contributed by atoms with Crippen molar-refractivity contribution in [1.82, 2.24) is 10.6 Å². The molecule has 1 fully saturated rings. The van der Waals surface area contributed by atoms with Gasteiger partial charge in [0.25, 0.3) is 0 Å². The lowest BCUT2D eigenvalue weighted by molar-refractivity contribution is -0.131. The molecule has 1 aliphatic carbocycles. The Kier molecular flexibility index (Phi) is 6.52. The Labute approximate surface area is 176 Å². The maximum Gasteiger partial charge on any atom is 0.242 e. The largest absolute Gasteiger partial charge is 0.385 e. The minimum Gasteiger partial charge on any atom is -0.385 e. The Morgan fingerprint density at radius 2 is 1.87 bits per heavy atom. The molecule has 0 aliphatic heterocycles. The van der Waals surface area contributed by atoms with Crippen molar-refractivity contribution in [3.05, 3.63) is 71.3 Å². The van der Waals surface area contributed by atoms with Gasteiger partial charge in [-0.05, 0) is 37.3 Å². The number of aliphatic hydroxyl groups is 1. The Balaban J connectivity index is 1.49. The SMILES string of the molecule is C[C@H](NC(=O)[C@@H]1CC[C@@](O)(c2ccccc2)C1)C(=O)NCc1ccc(C(=N)N)cc1. The van der Waals surface area contributed by atoms with Crippen molar-refractivity contribution in [1.29, 1.82) is 5.41 Å². The molecule has 0 unspecified atom stereocenters. The highest BCUT2D eigenvalue weighted by atomic mass is 16.3. The number of amidine groups is 1. The van der Waals surface area contributed by atoms with Crippen molar-refractivity contribution in [2.24, 2.45) is 11.7 Å². The summed E-state index contributed by atoms with van der Waals surface area (Å²) in [4.78, 5) is 25.0. The zero-order valence-electron chi connectivity index (χ0n) is 17.0. The topological polar surface area (TPSA) is 128 Å². The number of rotatable bonds is 7. The van der Waals surface area contributed by atoms with Crippen LogP contribution in [-0.4, -0.2) is 28.8 Å². The van der Waals surface area contributed by atoms with E-state index in [0.29, 0.717) is 31.4 Å². The average Bonchev–Trinajstić information content (AvgIpc) is 3.16. The molecular formula is C23H28N4O3. The van der Waals surface area contributed by atoms with Gasteiger partial charge in [0, 0.05) is 18.0 Å². The van der Waals surface area contributed by atoms with Gasteiger partial charge in [-0.3, -0.25) is 15.0 Å². The highest BCUT2D eigenvalue weighted by Gasteiger charge is 2.41. The molecule has 1 aliphatic rings. The predicted octanol–water partition coefficient (Wildman–Crippen LogP) is 1.78. The van der Waals surface area contributed by atoms with Gasteiger partial charge in [-0.25, -0.2) is 0 Å². The number of nitrogens with two attached hydrogens (primary N) is 1. The van der Waals surface area contributed by atoms with Crippen molar-refractivity contribution in [3.63, 3.8) is 0 Å². The van der Waals surface area contributed by atoms with Crippen LogP contribution in [0.4, 0.5) is 0 Å². The number of nitrogens with one attached hydrogen (secondary N) is 3. The number of benzene rings is 2. The molecule has 0 aromatic heterocycles. The third kappa shape index (κ3) is 5.04. The van der Waals surface area contributed by atoms with E-state index in [1.54, 1.807) is 31.2 Å². The summed E-state index contributed by atoms with van der Waals surface area (Å²) >= 11 is 0. The monoisotopic (exact) mass is 408 g/mol. The normalized spacial score (nSPS) is 21.6. The second kappa shape index (κ2) is 9.09. The number of hydrogen-bond acceptors (Lipinski definition) is 4. The van der Waals surface area contributed by atoms with Crippen LogP contribution in [0.5, 0.6) is 0 Å². The van der Waals surface area contributed by atoms with Crippen LogP contribution in [0, 0.1) is 11.3 Å². The smallest absolute Gasteiger partial charge is 0.242 e. The van der Waals surface area contributed by atoms with Gasteiger partial charge in [0.05, 0.1) is 5.60 Å². The van der Waals surface area contributed by atoms with Gasteiger partial charge < -0.3 is 21.5 Å². The van der Waals surface area contributed by atoms with Gasteiger partial charge in [-0.15, -0.1) is 0 Å². The molecule has 2 aromatic rings. The van der Waals surface area contributed by atoms with E-state index in [1.807, 2.05) is 30.3 Å². The molecule has 3 atom stereocenters. The molecule has 6 N–H and O–H groups in total. The standard InChI is InChI=1S/C23H28N4O3/c1-15(21(28)26-14-16-7-9-17(10-8-16)20(24)25)27-22(29)18-11-12-23(30,13-18)19-5-3-2-4-6-19/h2-10,15,18,30H,11-14H2,1H3,(H3,24,25)(H,26,28)(H,27,29)/t15-,18+,23-/m0/s1. The molecule has 0 spiro atoms. The fourth-order valence-electron chi connectivity index (χ4n) is 3.80. The molecule has 2 amide bonds. The summed E-state index contributed by atoms with van der Waals surface area (Å²) in [6.45, 7) is 1.96. The Morgan fingerprint density at radius 3 is 2.50 bits per heavy atom. The quantitative estimate of drug-likeness (QED) is 0.353. The van der Waals surface area contributed by atoms with Gasteiger partial charge in [-0.2, -0.15) is 0 Å². The van der Waals surface area contributed by atoms with Crippen molar-refractivity contribution in [2.75, 3.05) is 0 Å². The summed E-state index contributed by atoms with van der Waals surface area (Å²) in [5.41, 5.74) is 6.75. The second-order valence-corrected chi connectivity index (χ2v) is 7.90. The molecule has 0 radical (unpaired) electrons. The molecule has 1 saturated carbocycles. The molecular weight excluding hydrogens is 380 g/mol. The first kappa shape index (κ1) is 21.5. The third-order valence-corrected chi connectivity index (χ3v) is 5.66. The predicted molar refractivity (Wildman–Crippen MR) is 115 cm³/mol. The van der Waals surface area contributed by atoms with Crippen molar-refractivity contribution < 1.29 is 14.7 Å². The minimum atomic E-state index is -0.999. The van der Waals surface area contributed by atoms with E-state index in [-0.39, 0.29) is 23.6 Å². The van der Waals surface area contributed by atoms with Gasteiger partial charge in [0.2, 0.25) is 11.8 Å². The average molecular weight is 409 g/mol. The molecule has 7 heteroatoms. The molecule has 2 aromatic carbocycles. The maximum atomic E-state index is 12.6. The van der Waals surface area contributed by atoms with E-state index in [2.05, 4.69) is 10.6 Å². The van der Waals surface area contributed by atoms with Gasteiger partial charge in [0.1, 0.15) is 11.9 Å². The highest BCUT2D eigenvalue weighted by Crippen LogP contribution is 2.42. The van der Waals surface area contributed by atoms with E-state index in [0.717, 1.165) is 11.1 Å². The molecule has 158 valence electrons. The lowest BCUT2D eigenvalue weighted by Crippen LogP contribution is -2.46. The van der Waals surface area contributed by atoms with Crippen LogP contribution in [0.1, 0.15) is 42.9 Å². The summed E-state index contributed by atoms with van der Waals surface area (Å²) in [5.74, 6) is -0.830. The summed E-state index contributed by atoms with van der Waals surface area (Å²) in [5, 5.41) is 23.9. The van der Waals surface area contributed by atoms with Gasteiger partial charge in [-0.1, -0.05) is 54.6 Å². The molecule has 0 saturated heterocycles. The van der Waals surface area contributed by atoms with E-state index in [4.69, 9.17) is 11.1 Å². The lowest BCUT2D eigenvalue weighted by atomic mass is 9.91. The Hall–Kier alpha value is -3.19. The number of hydrogen-bond donors (Lipinski definition) is 5. The summed E-state index contributed by atoms with van der Waals surface area (Å²) in [6, 6.07) is 15.8. The summed E-state index contributed by atoms with van der Waals surface area (Å²) < 4.78 is 0. The maximum absolute atomic E-state index is 12.6. The number of amides is 2. The molecule has 30 heavy (non-hydrogen) atoms. The summed E-state index contributed by atoms with van der Waals surface area (Å²) in [7, 11) is 0. The molecule has 7 nitrogen and oxygen atoms in total. The fourth-order valence-corrected chi connectivity index (χ4v) is 3.80. The van der Waals surface area contributed by atoms with Crippen LogP contribution in [0.3, 0.4) is 0 Å². The van der Waals surface area contributed by atoms with Gasteiger partial charge >= 0.3 is 0 Å². The van der Waals surface area contributed by atoms with E-state index >= 15 is 0 Å². The first-order valence-corrected chi connectivity index (χ1v) is 10.1. The Bertz CT molecular complexity index is 914.